The maximum atomic E-state index is 12.8. The molecular formula is C16H22ClNO3. The van der Waals surface area contributed by atoms with Crippen molar-refractivity contribution in [3.05, 3.63) is 29.3 Å². The van der Waals surface area contributed by atoms with Gasteiger partial charge in [-0.05, 0) is 32.9 Å². The summed E-state index contributed by atoms with van der Waals surface area (Å²) in [4.78, 5) is 14.6. The standard InChI is InChI=1S/C16H22ClNO3/c1-11-5-6-14(20-4)13(7-11)15(19)18-9-12(8-17)21-16(2,3)10-18/h5-7,12H,8-10H2,1-4H3. The number of hydrogen-bond donors (Lipinski definition) is 0. The van der Waals surface area contributed by atoms with Gasteiger partial charge in [-0.15, -0.1) is 11.6 Å². The zero-order chi connectivity index (χ0) is 15.6. The van der Waals surface area contributed by atoms with Crippen molar-refractivity contribution in [1.82, 2.24) is 4.90 Å². The third kappa shape index (κ3) is 3.69. The molecule has 1 amide bonds. The highest BCUT2D eigenvalue weighted by Gasteiger charge is 2.36. The average Bonchev–Trinajstić information content (AvgIpc) is 2.44. The second-order valence-electron chi connectivity index (χ2n) is 6.04. The van der Waals surface area contributed by atoms with Crippen LogP contribution in [0.15, 0.2) is 18.2 Å². The second kappa shape index (κ2) is 6.24. The minimum absolute atomic E-state index is 0.0398. The lowest BCUT2D eigenvalue weighted by molar-refractivity contribution is -0.117. The molecule has 5 heteroatoms. The van der Waals surface area contributed by atoms with E-state index in [9.17, 15) is 4.79 Å². The van der Waals surface area contributed by atoms with Gasteiger partial charge in [-0.2, -0.15) is 0 Å². The van der Waals surface area contributed by atoms with Crippen LogP contribution in [0.2, 0.25) is 0 Å². The van der Waals surface area contributed by atoms with Gasteiger partial charge in [-0.1, -0.05) is 11.6 Å². The normalized spacial score (nSPS) is 21.2. The molecule has 0 bridgehead atoms. The maximum absolute atomic E-state index is 12.8. The van der Waals surface area contributed by atoms with Crippen LogP contribution in [0.3, 0.4) is 0 Å². The number of methoxy groups -OCH3 is 1. The summed E-state index contributed by atoms with van der Waals surface area (Å²) >= 11 is 5.92. The molecule has 1 aliphatic heterocycles. The molecule has 0 saturated carbocycles. The van der Waals surface area contributed by atoms with Gasteiger partial charge in [0.15, 0.2) is 0 Å². The van der Waals surface area contributed by atoms with Crippen molar-refractivity contribution in [2.24, 2.45) is 0 Å². The van der Waals surface area contributed by atoms with Crippen LogP contribution in [0.5, 0.6) is 5.75 Å². The number of alkyl halides is 1. The molecular weight excluding hydrogens is 290 g/mol. The van der Waals surface area contributed by atoms with Crippen LogP contribution in [0.25, 0.3) is 0 Å². The van der Waals surface area contributed by atoms with E-state index in [1.54, 1.807) is 12.0 Å². The second-order valence-corrected chi connectivity index (χ2v) is 6.35. The first-order chi connectivity index (χ1) is 9.86. The zero-order valence-corrected chi connectivity index (χ0v) is 13.7. The first-order valence-electron chi connectivity index (χ1n) is 7.04. The molecule has 116 valence electrons. The quantitative estimate of drug-likeness (QED) is 0.806. The number of carbonyl (C=O) groups is 1. The van der Waals surface area contributed by atoms with Gasteiger partial charge in [0.2, 0.25) is 0 Å². The smallest absolute Gasteiger partial charge is 0.257 e. The molecule has 1 unspecified atom stereocenters. The Balaban J connectivity index is 2.28. The molecule has 1 aromatic carbocycles. The van der Waals surface area contributed by atoms with Crippen molar-refractivity contribution in [2.75, 3.05) is 26.1 Å². The monoisotopic (exact) mass is 311 g/mol. The molecule has 1 heterocycles. The van der Waals surface area contributed by atoms with Crippen LogP contribution in [-0.2, 0) is 4.74 Å². The number of ether oxygens (including phenoxy) is 2. The number of benzene rings is 1. The Labute approximate surface area is 131 Å². The Morgan fingerprint density at radius 2 is 2.24 bits per heavy atom. The average molecular weight is 312 g/mol. The molecule has 1 fully saturated rings. The van der Waals surface area contributed by atoms with Crippen molar-refractivity contribution >= 4 is 17.5 Å². The predicted octanol–water partition coefficient (Wildman–Crippen LogP) is 2.86. The molecule has 4 nitrogen and oxygen atoms in total. The van der Waals surface area contributed by atoms with E-state index in [0.29, 0.717) is 30.3 Å². The van der Waals surface area contributed by atoms with E-state index in [1.165, 1.54) is 0 Å². The minimum atomic E-state index is -0.398. The molecule has 1 aliphatic rings. The summed E-state index contributed by atoms with van der Waals surface area (Å²) in [7, 11) is 1.58. The van der Waals surface area contributed by atoms with Crippen LogP contribution in [0, 0.1) is 6.92 Å². The Hall–Kier alpha value is -1.26. The Morgan fingerprint density at radius 3 is 2.86 bits per heavy atom. The topological polar surface area (TPSA) is 38.8 Å². The summed E-state index contributed by atoms with van der Waals surface area (Å²) in [5.74, 6) is 0.928. The lowest BCUT2D eigenvalue weighted by Gasteiger charge is -2.42. The molecule has 0 aliphatic carbocycles. The lowest BCUT2D eigenvalue weighted by Crippen LogP contribution is -2.55. The molecule has 0 radical (unpaired) electrons. The van der Waals surface area contributed by atoms with Crippen LogP contribution in [0.1, 0.15) is 29.8 Å². The third-order valence-corrected chi connectivity index (χ3v) is 3.87. The molecule has 0 spiro atoms. The van der Waals surface area contributed by atoms with Gasteiger partial charge in [0.1, 0.15) is 5.75 Å². The fourth-order valence-corrected chi connectivity index (χ4v) is 2.85. The number of amides is 1. The first kappa shape index (κ1) is 16.1. The number of morpholine rings is 1. The fourth-order valence-electron chi connectivity index (χ4n) is 2.69. The van der Waals surface area contributed by atoms with Crippen LogP contribution in [-0.4, -0.2) is 48.6 Å². The summed E-state index contributed by atoms with van der Waals surface area (Å²) in [6.45, 7) is 6.94. The van der Waals surface area contributed by atoms with Gasteiger partial charge in [-0.3, -0.25) is 4.79 Å². The van der Waals surface area contributed by atoms with E-state index < -0.39 is 5.60 Å². The highest BCUT2D eigenvalue weighted by molar-refractivity contribution is 6.18. The summed E-state index contributed by atoms with van der Waals surface area (Å²) in [6, 6.07) is 5.62. The van der Waals surface area contributed by atoms with Crippen LogP contribution >= 0.6 is 11.6 Å². The van der Waals surface area contributed by atoms with E-state index in [0.717, 1.165) is 5.56 Å². The lowest BCUT2D eigenvalue weighted by atomic mass is 10.0. The number of nitrogens with zero attached hydrogens (tertiary/aromatic N) is 1. The van der Waals surface area contributed by atoms with Gasteiger partial charge in [0, 0.05) is 13.1 Å². The first-order valence-corrected chi connectivity index (χ1v) is 7.57. The predicted molar refractivity (Wildman–Crippen MR) is 83.3 cm³/mol. The van der Waals surface area contributed by atoms with E-state index in [4.69, 9.17) is 21.1 Å². The number of hydrogen-bond acceptors (Lipinski definition) is 3. The van der Waals surface area contributed by atoms with Crippen LogP contribution in [0.4, 0.5) is 0 Å². The number of rotatable bonds is 3. The Morgan fingerprint density at radius 1 is 1.52 bits per heavy atom. The van der Waals surface area contributed by atoms with Crippen molar-refractivity contribution in [1.29, 1.82) is 0 Å². The molecule has 2 rings (SSSR count). The molecule has 0 aromatic heterocycles. The molecule has 21 heavy (non-hydrogen) atoms. The Kier molecular flexibility index (Phi) is 4.79. The highest BCUT2D eigenvalue weighted by Crippen LogP contribution is 2.26. The van der Waals surface area contributed by atoms with E-state index >= 15 is 0 Å². The van der Waals surface area contributed by atoms with Gasteiger partial charge in [-0.25, -0.2) is 0 Å². The van der Waals surface area contributed by atoms with Crippen molar-refractivity contribution in [3.8, 4) is 5.75 Å². The van der Waals surface area contributed by atoms with Gasteiger partial charge < -0.3 is 14.4 Å². The van der Waals surface area contributed by atoms with E-state index in [1.807, 2.05) is 39.0 Å². The van der Waals surface area contributed by atoms with Gasteiger partial charge in [0.05, 0.1) is 30.3 Å². The SMILES string of the molecule is COc1ccc(C)cc1C(=O)N1CC(CCl)OC(C)(C)C1. The number of halogens is 1. The van der Waals surface area contributed by atoms with Crippen LogP contribution < -0.4 is 4.74 Å². The van der Waals surface area contributed by atoms with E-state index in [-0.39, 0.29) is 12.0 Å². The van der Waals surface area contributed by atoms with Gasteiger partial charge in [0.25, 0.3) is 5.91 Å². The molecule has 1 saturated heterocycles. The summed E-state index contributed by atoms with van der Waals surface area (Å²) < 4.78 is 11.2. The zero-order valence-electron chi connectivity index (χ0n) is 13.0. The molecule has 0 N–H and O–H groups in total. The minimum Gasteiger partial charge on any atom is -0.496 e. The Bertz CT molecular complexity index is 530. The van der Waals surface area contributed by atoms with Crippen molar-refractivity contribution in [3.63, 3.8) is 0 Å². The van der Waals surface area contributed by atoms with Crippen molar-refractivity contribution in [2.45, 2.75) is 32.5 Å². The molecule has 1 atom stereocenters. The number of carbonyl (C=O) groups excluding carboxylic acids is 1. The van der Waals surface area contributed by atoms with E-state index in [2.05, 4.69) is 0 Å². The number of aryl methyl sites for hydroxylation is 1. The summed E-state index contributed by atoms with van der Waals surface area (Å²) in [5, 5.41) is 0. The fraction of sp³-hybridized carbons (Fsp3) is 0.562. The third-order valence-electron chi connectivity index (χ3n) is 3.53. The highest BCUT2D eigenvalue weighted by atomic mass is 35.5. The van der Waals surface area contributed by atoms with Gasteiger partial charge >= 0.3 is 0 Å². The summed E-state index contributed by atoms with van der Waals surface area (Å²) in [5.41, 5.74) is 1.22. The molecule has 1 aromatic rings. The largest absolute Gasteiger partial charge is 0.496 e. The van der Waals surface area contributed by atoms with Crippen molar-refractivity contribution < 1.29 is 14.3 Å². The summed E-state index contributed by atoms with van der Waals surface area (Å²) in [6.07, 6.45) is -0.143. The maximum Gasteiger partial charge on any atom is 0.257 e.